The van der Waals surface area contributed by atoms with Gasteiger partial charge >= 0.3 is 0 Å². The van der Waals surface area contributed by atoms with Crippen LogP contribution >= 0.6 is 0 Å². The summed E-state index contributed by atoms with van der Waals surface area (Å²) in [7, 11) is 0. The molecule has 2 aliphatic heterocycles. The number of carbonyl (C=O) groups excluding carboxylic acids is 2. The molecule has 5 heteroatoms. The highest BCUT2D eigenvalue weighted by Gasteiger charge is 2.58. The van der Waals surface area contributed by atoms with Gasteiger partial charge in [-0.15, -0.1) is 0 Å². The van der Waals surface area contributed by atoms with Crippen molar-refractivity contribution in [1.82, 2.24) is 15.5 Å². The summed E-state index contributed by atoms with van der Waals surface area (Å²) in [6.07, 6.45) is 5.76. The second-order valence-corrected chi connectivity index (χ2v) is 6.89. The highest BCUT2D eigenvalue weighted by Crippen LogP contribution is 2.59. The molecule has 1 saturated carbocycles. The van der Waals surface area contributed by atoms with Crippen LogP contribution in [0.25, 0.3) is 0 Å². The van der Waals surface area contributed by atoms with Crippen molar-refractivity contribution in [3.63, 3.8) is 0 Å². The van der Waals surface area contributed by atoms with Gasteiger partial charge in [-0.05, 0) is 50.6 Å². The number of piperidine rings is 2. The zero-order valence-corrected chi connectivity index (χ0v) is 13.0. The van der Waals surface area contributed by atoms with Gasteiger partial charge < -0.3 is 15.5 Å². The molecule has 21 heavy (non-hydrogen) atoms. The van der Waals surface area contributed by atoms with Gasteiger partial charge in [0.25, 0.3) is 0 Å². The largest absolute Gasteiger partial charge is 0.353 e. The van der Waals surface area contributed by atoms with E-state index in [9.17, 15) is 9.59 Å². The molecule has 2 heterocycles. The number of amides is 2. The van der Waals surface area contributed by atoms with Crippen LogP contribution in [0.15, 0.2) is 0 Å². The third kappa shape index (κ3) is 3.07. The maximum atomic E-state index is 12.6. The second kappa shape index (κ2) is 5.95. The lowest BCUT2D eigenvalue weighted by Gasteiger charge is -2.33. The van der Waals surface area contributed by atoms with E-state index < -0.39 is 0 Å². The smallest absolute Gasteiger partial charge is 0.226 e. The fourth-order valence-corrected chi connectivity index (χ4v) is 3.97. The number of carbonyl (C=O) groups is 2. The summed E-state index contributed by atoms with van der Waals surface area (Å²) < 4.78 is 0. The first-order chi connectivity index (χ1) is 10.1. The second-order valence-electron chi connectivity index (χ2n) is 6.89. The molecule has 1 unspecified atom stereocenters. The summed E-state index contributed by atoms with van der Waals surface area (Å²) in [5.74, 6) is 0.772. The molecule has 0 aromatic rings. The van der Waals surface area contributed by atoms with Crippen molar-refractivity contribution in [2.24, 2.45) is 11.3 Å². The lowest BCUT2D eigenvalue weighted by molar-refractivity contribution is -0.134. The minimum atomic E-state index is 0.121. The molecule has 2 saturated heterocycles. The van der Waals surface area contributed by atoms with Gasteiger partial charge in [0.05, 0.1) is 0 Å². The molecule has 5 nitrogen and oxygen atoms in total. The summed E-state index contributed by atoms with van der Waals surface area (Å²) in [4.78, 5) is 26.1. The van der Waals surface area contributed by atoms with E-state index in [1.165, 1.54) is 0 Å². The lowest BCUT2D eigenvalue weighted by Crippen LogP contribution is -2.47. The predicted octanol–water partition coefficient (Wildman–Crippen LogP) is 0.893. The molecule has 0 aromatic carbocycles. The summed E-state index contributed by atoms with van der Waals surface area (Å²) in [5.41, 5.74) is 0.329. The Balaban J connectivity index is 1.47. The Morgan fingerprint density at radius 2 is 1.90 bits per heavy atom. The average Bonchev–Trinajstić information content (AvgIpc) is 3.21. The molecule has 0 radical (unpaired) electrons. The Bertz CT molecular complexity index is 410. The third-order valence-corrected chi connectivity index (χ3v) is 5.58. The van der Waals surface area contributed by atoms with E-state index in [1.54, 1.807) is 0 Å². The molecule has 0 bridgehead atoms. The van der Waals surface area contributed by atoms with Gasteiger partial charge in [-0.25, -0.2) is 0 Å². The molecular weight excluding hydrogens is 266 g/mol. The fourth-order valence-electron chi connectivity index (χ4n) is 3.97. The summed E-state index contributed by atoms with van der Waals surface area (Å²) in [5, 5.41) is 6.43. The normalized spacial score (nSPS) is 28.4. The van der Waals surface area contributed by atoms with Crippen molar-refractivity contribution in [3.05, 3.63) is 0 Å². The third-order valence-electron chi connectivity index (χ3n) is 5.58. The van der Waals surface area contributed by atoms with Crippen LogP contribution in [0.3, 0.4) is 0 Å². The number of hydrogen-bond acceptors (Lipinski definition) is 3. The Morgan fingerprint density at radius 1 is 1.24 bits per heavy atom. The number of likely N-dealkylation sites (tertiary alicyclic amines) is 1. The summed E-state index contributed by atoms with van der Waals surface area (Å²) in [6.45, 7) is 5.61. The number of nitrogens with zero attached hydrogens (tertiary/aromatic N) is 1. The highest BCUT2D eigenvalue weighted by molar-refractivity contribution is 5.83. The van der Waals surface area contributed by atoms with Gasteiger partial charge in [-0.1, -0.05) is 6.92 Å². The maximum absolute atomic E-state index is 12.6. The van der Waals surface area contributed by atoms with Crippen LogP contribution in [-0.2, 0) is 9.59 Å². The minimum Gasteiger partial charge on any atom is -0.353 e. The van der Waals surface area contributed by atoms with Gasteiger partial charge in [-0.3, -0.25) is 9.59 Å². The highest BCUT2D eigenvalue weighted by atomic mass is 16.2. The van der Waals surface area contributed by atoms with E-state index >= 15 is 0 Å². The van der Waals surface area contributed by atoms with E-state index in [4.69, 9.17) is 0 Å². The molecule has 2 N–H and O–H groups in total. The molecular formula is C16H27N3O2. The molecule has 3 rings (SSSR count). The van der Waals surface area contributed by atoms with E-state index in [-0.39, 0.29) is 17.9 Å². The van der Waals surface area contributed by atoms with Crippen molar-refractivity contribution in [2.75, 3.05) is 26.2 Å². The molecule has 0 aromatic heterocycles. The zero-order valence-electron chi connectivity index (χ0n) is 13.0. The van der Waals surface area contributed by atoms with Crippen LogP contribution in [0.4, 0.5) is 0 Å². The first-order valence-corrected chi connectivity index (χ1v) is 8.43. The zero-order chi connectivity index (χ0) is 14.9. The number of rotatable bonds is 3. The average molecular weight is 293 g/mol. The van der Waals surface area contributed by atoms with Crippen LogP contribution in [0.5, 0.6) is 0 Å². The van der Waals surface area contributed by atoms with Crippen LogP contribution in [0.1, 0.15) is 45.4 Å². The van der Waals surface area contributed by atoms with E-state index in [2.05, 4.69) is 10.6 Å². The summed E-state index contributed by atoms with van der Waals surface area (Å²) in [6, 6.07) is 0.258. The molecule has 3 aliphatic rings. The van der Waals surface area contributed by atoms with Crippen molar-refractivity contribution >= 4 is 11.8 Å². The van der Waals surface area contributed by atoms with E-state index in [0.717, 1.165) is 58.3 Å². The van der Waals surface area contributed by atoms with E-state index in [0.29, 0.717) is 17.7 Å². The molecule has 1 spiro atoms. The van der Waals surface area contributed by atoms with Crippen molar-refractivity contribution in [3.8, 4) is 0 Å². The maximum Gasteiger partial charge on any atom is 0.226 e. The Labute approximate surface area is 126 Å². The lowest BCUT2D eigenvalue weighted by atomic mass is 9.91. The van der Waals surface area contributed by atoms with Gasteiger partial charge in [0.1, 0.15) is 0 Å². The van der Waals surface area contributed by atoms with E-state index in [1.807, 2.05) is 11.8 Å². The minimum absolute atomic E-state index is 0.121. The topological polar surface area (TPSA) is 61.4 Å². The van der Waals surface area contributed by atoms with Gasteiger partial charge in [-0.2, -0.15) is 0 Å². The van der Waals surface area contributed by atoms with Crippen LogP contribution in [0.2, 0.25) is 0 Å². The molecule has 1 aliphatic carbocycles. The fraction of sp³-hybridized carbons (Fsp3) is 0.875. The first kappa shape index (κ1) is 14.8. The quantitative estimate of drug-likeness (QED) is 0.812. The molecule has 2 amide bonds. The Hall–Kier alpha value is -1.10. The molecule has 3 fully saturated rings. The molecule has 1 atom stereocenters. The molecule has 118 valence electrons. The SMILES string of the molecule is CCC(=O)NC1CCN(C(=O)C2CC23CCNCC3)CC1. The standard InChI is InChI=1S/C16H27N3O2/c1-2-14(20)18-12-3-9-19(10-4-12)15(21)13-11-16(13)5-7-17-8-6-16/h12-13,17H,2-11H2,1H3,(H,18,20). The first-order valence-electron chi connectivity index (χ1n) is 8.43. The van der Waals surface area contributed by atoms with Gasteiger partial charge in [0.15, 0.2) is 0 Å². The van der Waals surface area contributed by atoms with Gasteiger partial charge in [0.2, 0.25) is 11.8 Å². The predicted molar refractivity (Wildman–Crippen MR) is 80.7 cm³/mol. The van der Waals surface area contributed by atoms with Crippen molar-refractivity contribution < 1.29 is 9.59 Å². The van der Waals surface area contributed by atoms with Crippen molar-refractivity contribution in [1.29, 1.82) is 0 Å². The number of hydrogen-bond donors (Lipinski definition) is 2. The Morgan fingerprint density at radius 3 is 2.52 bits per heavy atom. The van der Waals surface area contributed by atoms with Crippen LogP contribution in [-0.4, -0.2) is 48.9 Å². The van der Waals surface area contributed by atoms with Crippen LogP contribution < -0.4 is 10.6 Å². The summed E-state index contributed by atoms with van der Waals surface area (Å²) >= 11 is 0. The Kier molecular flexibility index (Phi) is 4.20. The van der Waals surface area contributed by atoms with Crippen molar-refractivity contribution in [2.45, 2.75) is 51.5 Å². The van der Waals surface area contributed by atoms with Gasteiger partial charge in [0, 0.05) is 31.5 Å². The number of nitrogens with one attached hydrogen (secondary N) is 2. The monoisotopic (exact) mass is 293 g/mol. The van der Waals surface area contributed by atoms with Crippen LogP contribution in [0, 0.1) is 11.3 Å².